The first-order chi connectivity index (χ1) is 6.74. The zero-order valence-corrected chi connectivity index (χ0v) is 8.15. The Morgan fingerprint density at radius 2 is 2.00 bits per heavy atom. The van der Waals surface area contributed by atoms with Gasteiger partial charge in [-0.05, 0) is 12.1 Å². The van der Waals surface area contributed by atoms with Crippen LogP contribution in [-0.4, -0.2) is 11.7 Å². The summed E-state index contributed by atoms with van der Waals surface area (Å²) in [5.74, 6) is 0.381. The molecule has 0 fully saturated rings. The van der Waals surface area contributed by atoms with Crippen LogP contribution in [0.1, 0.15) is 0 Å². The Morgan fingerprint density at radius 1 is 1.29 bits per heavy atom. The average Bonchev–Trinajstić information content (AvgIpc) is 2.23. The van der Waals surface area contributed by atoms with E-state index >= 15 is 0 Å². The number of hydrogen-bond donors (Lipinski definition) is 0. The van der Waals surface area contributed by atoms with Gasteiger partial charge in [0, 0.05) is 12.4 Å². The van der Waals surface area contributed by atoms with E-state index in [-0.39, 0.29) is 5.43 Å². The highest BCUT2D eigenvalue weighted by Crippen LogP contribution is 2.13. The molecule has 0 unspecified atom stereocenters. The number of fused-ring (bicyclic) bond motifs is 1. The molecular formula is C11H11NO2. The van der Waals surface area contributed by atoms with Gasteiger partial charge in [0.2, 0.25) is 5.43 Å². The van der Waals surface area contributed by atoms with E-state index in [1.54, 1.807) is 12.3 Å². The monoisotopic (exact) mass is 189 g/mol. The quantitative estimate of drug-likeness (QED) is 0.681. The van der Waals surface area contributed by atoms with Crippen LogP contribution < -0.4 is 10.2 Å². The molecule has 0 bridgehead atoms. The largest absolute Gasteiger partial charge is 0.491 e. The van der Waals surface area contributed by atoms with E-state index in [9.17, 15) is 4.79 Å². The van der Waals surface area contributed by atoms with E-state index in [1.807, 2.05) is 29.8 Å². The van der Waals surface area contributed by atoms with Crippen LogP contribution in [0, 0.1) is 0 Å². The Kier molecular flexibility index (Phi) is 2.00. The van der Waals surface area contributed by atoms with Crippen LogP contribution in [0.15, 0.2) is 35.3 Å². The number of hydrogen-bond acceptors (Lipinski definition) is 2. The zero-order valence-electron chi connectivity index (χ0n) is 8.15. The minimum Gasteiger partial charge on any atom is -0.491 e. The molecule has 3 heteroatoms. The summed E-state index contributed by atoms with van der Waals surface area (Å²) in [5.41, 5.74) is 0.861. The second kappa shape index (κ2) is 3.18. The maximum absolute atomic E-state index is 11.8. The van der Waals surface area contributed by atoms with Crippen LogP contribution in [0.3, 0.4) is 0 Å². The molecule has 0 radical (unpaired) electrons. The smallest absolute Gasteiger partial charge is 0.231 e. The molecular weight excluding hydrogens is 178 g/mol. The number of nitrogens with zero attached hydrogens (tertiary/aromatic N) is 1. The molecule has 0 atom stereocenters. The molecule has 0 N–H and O–H groups in total. The van der Waals surface area contributed by atoms with Crippen LogP contribution in [0.4, 0.5) is 0 Å². The number of aromatic nitrogens is 1. The summed E-state index contributed by atoms with van der Waals surface area (Å²) in [4.78, 5) is 11.8. The van der Waals surface area contributed by atoms with E-state index in [0.717, 1.165) is 5.52 Å². The third-order valence-corrected chi connectivity index (χ3v) is 2.28. The highest BCUT2D eigenvalue weighted by molar-refractivity contribution is 5.80. The summed E-state index contributed by atoms with van der Waals surface area (Å²) < 4.78 is 6.89. The molecule has 2 rings (SSSR count). The van der Waals surface area contributed by atoms with Gasteiger partial charge in [-0.25, -0.2) is 0 Å². The molecule has 14 heavy (non-hydrogen) atoms. The topological polar surface area (TPSA) is 31.2 Å². The summed E-state index contributed by atoms with van der Waals surface area (Å²) >= 11 is 0. The molecule has 0 amide bonds. The predicted molar refractivity (Wildman–Crippen MR) is 55.7 cm³/mol. The molecule has 3 nitrogen and oxygen atoms in total. The van der Waals surface area contributed by atoms with Crippen LogP contribution in [0.2, 0.25) is 0 Å². The molecule has 0 aliphatic heterocycles. The summed E-state index contributed by atoms with van der Waals surface area (Å²) in [6.45, 7) is 0. The Hall–Kier alpha value is -1.77. The standard InChI is InChI=1S/C11H11NO2/c1-12-7-10(14-2)11(13)8-5-3-4-6-9(8)12/h3-7H,1-2H3. The molecule has 0 saturated heterocycles. The molecule has 0 aliphatic carbocycles. The Labute approximate surface area is 81.5 Å². The minimum absolute atomic E-state index is 0.0544. The number of ether oxygens (including phenoxy) is 1. The Balaban J connectivity index is 2.95. The average molecular weight is 189 g/mol. The molecule has 0 spiro atoms. The fourth-order valence-electron chi connectivity index (χ4n) is 1.56. The lowest BCUT2D eigenvalue weighted by Crippen LogP contribution is -2.09. The van der Waals surface area contributed by atoms with E-state index in [4.69, 9.17) is 4.74 Å². The van der Waals surface area contributed by atoms with E-state index in [2.05, 4.69) is 0 Å². The van der Waals surface area contributed by atoms with Gasteiger partial charge in [0.05, 0.1) is 18.8 Å². The van der Waals surface area contributed by atoms with Crippen LogP contribution in [0.5, 0.6) is 5.75 Å². The van der Waals surface area contributed by atoms with Crippen molar-refractivity contribution in [1.82, 2.24) is 4.57 Å². The number of para-hydroxylation sites is 1. The molecule has 1 aromatic heterocycles. The Morgan fingerprint density at radius 3 is 2.71 bits per heavy atom. The second-order valence-electron chi connectivity index (χ2n) is 3.15. The maximum Gasteiger partial charge on any atom is 0.231 e. The number of methoxy groups -OCH3 is 1. The first-order valence-corrected chi connectivity index (χ1v) is 4.36. The van der Waals surface area contributed by atoms with Crippen molar-refractivity contribution in [2.24, 2.45) is 7.05 Å². The van der Waals surface area contributed by atoms with Gasteiger partial charge in [-0.2, -0.15) is 0 Å². The van der Waals surface area contributed by atoms with Gasteiger partial charge in [0.25, 0.3) is 0 Å². The third kappa shape index (κ3) is 1.18. The Bertz CT molecular complexity index is 528. The lowest BCUT2D eigenvalue weighted by molar-refractivity contribution is 0.408. The van der Waals surface area contributed by atoms with Crippen LogP contribution >= 0.6 is 0 Å². The fraction of sp³-hybridized carbons (Fsp3) is 0.182. The summed E-state index contributed by atoms with van der Waals surface area (Å²) in [6, 6.07) is 7.48. The van der Waals surface area contributed by atoms with Gasteiger partial charge in [0.15, 0.2) is 5.75 Å². The maximum atomic E-state index is 11.8. The summed E-state index contributed by atoms with van der Waals surface area (Å²) in [7, 11) is 3.40. The SMILES string of the molecule is COc1cn(C)c2ccccc2c1=O. The fourth-order valence-corrected chi connectivity index (χ4v) is 1.56. The third-order valence-electron chi connectivity index (χ3n) is 2.28. The minimum atomic E-state index is -0.0544. The number of benzene rings is 1. The molecule has 0 saturated carbocycles. The van der Waals surface area contributed by atoms with Crippen molar-refractivity contribution in [2.45, 2.75) is 0 Å². The van der Waals surface area contributed by atoms with Gasteiger partial charge in [-0.3, -0.25) is 4.79 Å². The molecule has 1 heterocycles. The van der Waals surface area contributed by atoms with Crippen LogP contribution in [-0.2, 0) is 7.05 Å². The highest BCUT2D eigenvalue weighted by atomic mass is 16.5. The van der Waals surface area contributed by atoms with Crippen molar-refractivity contribution >= 4 is 10.9 Å². The molecule has 72 valence electrons. The van der Waals surface area contributed by atoms with Crippen molar-refractivity contribution in [3.05, 3.63) is 40.7 Å². The first-order valence-electron chi connectivity index (χ1n) is 4.36. The lowest BCUT2D eigenvalue weighted by Gasteiger charge is -2.07. The summed E-state index contributed by atoms with van der Waals surface area (Å²) in [6.07, 6.45) is 1.70. The number of pyridine rings is 1. The first kappa shape index (κ1) is 8.81. The summed E-state index contributed by atoms with van der Waals surface area (Å²) in [5, 5.41) is 0.689. The van der Waals surface area contributed by atoms with Gasteiger partial charge in [0.1, 0.15) is 0 Å². The zero-order chi connectivity index (χ0) is 10.1. The molecule has 2 aromatic rings. The molecule has 0 aliphatic rings. The van der Waals surface area contributed by atoms with E-state index < -0.39 is 0 Å². The second-order valence-corrected chi connectivity index (χ2v) is 3.15. The van der Waals surface area contributed by atoms with Gasteiger partial charge in [-0.1, -0.05) is 12.1 Å². The van der Waals surface area contributed by atoms with Crippen molar-refractivity contribution in [1.29, 1.82) is 0 Å². The van der Waals surface area contributed by atoms with Crippen molar-refractivity contribution in [3.8, 4) is 5.75 Å². The van der Waals surface area contributed by atoms with Gasteiger partial charge in [-0.15, -0.1) is 0 Å². The predicted octanol–water partition coefficient (Wildman–Crippen LogP) is 1.55. The van der Waals surface area contributed by atoms with Crippen molar-refractivity contribution in [3.63, 3.8) is 0 Å². The van der Waals surface area contributed by atoms with Gasteiger partial charge >= 0.3 is 0 Å². The normalized spacial score (nSPS) is 10.4. The van der Waals surface area contributed by atoms with E-state index in [1.165, 1.54) is 7.11 Å². The highest BCUT2D eigenvalue weighted by Gasteiger charge is 2.05. The number of rotatable bonds is 1. The van der Waals surface area contributed by atoms with E-state index in [0.29, 0.717) is 11.1 Å². The van der Waals surface area contributed by atoms with Crippen molar-refractivity contribution < 1.29 is 4.74 Å². The molecule has 1 aromatic carbocycles. The van der Waals surface area contributed by atoms with Crippen LogP contribution in [0.25, 0.3) is 10.9 Å². The van der Waals surface area contributed by atoms with Crippen molar-refractivity contribution in [2.75, 3.05) is 7.11 Å². The van der Waals surface area contributed by atoms with Gasteiger partial charge < -0.3 is 9.30 Å². The lowest BCUT2D eigenvalue weighted by atomic mass is 10.2. The number of aryl methyl sites for hydroxylation is 1.